The highest BCUT2D eigenvalue weighted by Gasteiger charge is 2.45. The Labute approximate surface area is 162 Å². The minimum atomic E-state index is -0.626. The molecule has 0 aliphatic carbocycles. The van der Waals surface area contributed by atoms with E-state index in [2.05, 4.69) is 0 Å². The van der Waals surface area contributed by atoms with E-state index in [0.29, 0.717) is 37.4 Å². The summed E-state index contributed by atoms with van der Waals surface area (Å²) < 4.78 is 5.09. The molecule has 1 aromatic carbocycles. The lowest BCUT2D eigenvalue weighted by atomic mass is 9.96. The fraction of sp³-hybridized carbons (Fsp3) is 0.526. The standard InChI is InChI=1S/C19H23N3O6/c1-3-28-19(25)13-5-4-8-20(11-13)16-10-17(23)21(18(16)24)15-7-6-14(22(26)27)9-12(15)2/h6-7,9,13,16H,3-5,8,10-11H2,1-2H3/t13-,16+/m0/s1. The maximum atomic E-state index is 13.0. The molecule has 2 amide bonds. The average molecular weight is 389 g/mol. The number of amides is 2. The van der Waals surface area contributed by atoms with Gasteiger partial charge in [0.1, 0.15) is 0 Å². The predicted octanol–water partition coefficient (Wildman–Crippen LogP) is 1.81. The van der Waals surface area contributed by atoms with Crippen molar-refractivity contribution < 1.29 is 24.0 Å². The number of ether oxygens (including phenoxy) is 1. The number of rotatable bonds is 5. The Balaban J connectivity index is 1.78. The van der Waals surface area contributed by atoms with Crippen molar-refractivity contribution in [3.63, 3.8) is 0 Å². The van der Waals surface area contributed by atoms with Crippen LogP contribution in [-0.4, -0.2) is 53.3 Å². The average Bonchev–Trinajstić information content (AvgIpc) is 2.96. The number of non-ortho nitro benzene ring substituents is 1. The van der Waals surface area contributed by atoms with E-state index in [0.717, 1.165) is 11.3 Å². The number of hydrogen-bond donors (Lipinski definition) is 0. The van der Waals surface area contributed by atoms with Gasteiger partial charge in [0.2, 0.25) is 5.91 Å². The molecule has 0 radical (unpaired) electrons. The Morgan fingerprint density at radius 2 is 2.11 bits per heavy atom. The van der Waals surface area contributed by atoms with Gasteiger partial charge < -0.3 is 4.74 Å². The Morgan fingerprint density at radius 3 is 2.75 bits per heavy atom. The highest BCUT2D eigenvalue weighted by molar-refractivity contribution is 6.22. The highest BCUT2D eigenvalue weighted by Crippen LogP contribution is 2.32. The van der Waals surface area contributed by atoms with Crippen molar-refractivity contribution in [1.29, 1.82) is 0 Å². The summed E-state index contributed by atoms with van der Waals surface area (Å²) in [4.78, 5) is 51.0. The monoisotopic (exact) mass is 389 g/mol. The molecule has 28 heavy (non-hydrogen) atoms. The van der Waals surface area contributed by atoms with Gasteiger partial charge in [0.15, 0.2) is 0 Å². The molecule has 150 valence electrons. The summed E-state index contributed by atoms with van der Waals surface area (Å²) >= 11 is 0. The largest absolute Gasteiger partial charge is 0.466 e. The lowest BCUT2D eigenvalue weighted by molar-refractivity contribution is -0.384. The van der Waals surface area contributed by atoms with E-state index < -0.39 is 11.0 Å². The fourth-order valence-corrected chi connectivity index (χ4v) is 3.90. The topological polar surface area (TPSA) is 110 Å². The van der Waals surface area contributed by atoms with Gasteiger partial charge in [-0.05, 0) is 44.9 Å². The number of piperidine rings is 1. The van der Waals surface area contributed by atoms with Crippen LogP contribution in [0.15, 0.2) is 18.2 Å². The number of likely N-dealkylation sites (tertiary alicyclic amines) is 1. The molecule has 0 N–H and O–H groups in total. The minimum absolute atomic E-state index is 0.0325. The van der Waals surface area contributed by atoms with E-state index in [9.17, 15) is 24.5 Å². The Hall–Kier alpha value is -2.81. The quantitative estimate of drug-likeness (QED) is 0.327. The zero-order valence-electron chi connectivity index (χ0n) is 15.9. The van der Waals surface area contributed by atoms with Crippen LogP contribution in [-0.2, 0) is 19.1 Å². The highest BCUT2D eigenvalue weighted by atomic mass is 16.6. The van der Waals surface area contributed by atoms with Gasteiger partial charge in [-0.2, -0.15) is 0 Å². The summed E-state index contributed by atoms with van der Waals surface area (Å²) in [6, 6.07) is 3.44. The molecule has 2 saturated heterocycles. The molecule has 9 nitrogen and oxygen atoms in total. The first-order valence-electron chi connectivity index (χ1n) is 9.36. The van der Waals surface area contributed by atoms with Crippen LogP contribution in [0.1, 0.15) is 31.7 Å². The van der Waals surface area contributed by atoms with Gasteiger partial charge in [0, 0.05) is 18.7 Å². The Bertz CT molecular complexity index is 824. The molecule has 0 spiro atoms. The van der Waals surface area contributed by atoms with Crippen molar-refractivity contribution in [3.8, 4) is 0 Å². The number of aryl methyl sites for hydroxylation is 1. The van der Waals surface area contributed by atoms with E-state index in [4.69, 9.17) is 4.74 Å². The molecule has 0 saturated carbocycles. The normalized spacial score (nSPS) is 23.1. The van der Waals surface area contributed by atoms with Crippen molar-refractivity contribution in [2.45, 2.75) is 39.2 Å². The molecule has 0 bridgehead atoms. The number of esters is 1. The SMILES string of the molecule is CCOC(=O)[C@H]1CCCN([C@@H]2CC(=O)N(c3ccc([N+](=O)[O-])cc3C)C2=O)C1. The molecular formula is C19H23N3O6. The van der Waals surface area contributed by atoms with Gasteiger partial charge in [-0.3, -0.25) is 29.4 Å². The van der Waals surface area contributed by atoms with E-state index in [1.165, 1.54) is 18.2 Å². The van der Waals surface area contributed by atoms with Crippen molar-refractivity contribution in [3.05, 3.63) is 33.9 Å². The second-order valence-corrected chi connectivity index (χ2v) is 7.10. The Morgan fingerprint density at radius 1 is 1.36 bits per heavy atom. The smallest absolute Gasteiger partial charge is 0.310 e. The number of nitrogens with zero attached hydrogens (tertiary/aromatic N) is 3. The van der Waals surface area contributed by atoms with Crippen molar-refractivity contribution >= 4 is 29.2 Å². The van der Waals surface area contributed by atoms with Crippen LogP contribution in [0.3, 0.4) is 0 Å². The number of nitro benzene ring substituents is 1. The Kier molecular flexibility index (Phi) is 5.73. The summed E-state index contributed by atoms with van der Waals surface area (Å²) in [5, 5.41) is 10.9. The second-order valence-electron chi connectivity index (χ2n) is 7.10. The number of benzene rings is 1. The number of nitro groups is 1. The number of imide groups is 1. The number of carbonyl (C=O) groups excluding carboxylic acids is 3. The van der Waals surface area contributed by atoms with Gasteiger partial charge in [-0.15, -0.1) is 0 Å². The number of hydrogen-bond acceptors (Lipinski definition) is 7. The number of carbonyl (C=O) groups is 3. The third-order valence-electron chi connectivity index (χ3n) is 5.27. The van der Waals surface area contributed by atoms with Crippen LogP contribution in [0, 0.1) is 23.0 Å². The molecule has 2 aliphatic rings. The van der Waals surface area contributed by atoms with Crippen LogP contribution in [0.2, 0.25) is 0 Å². The molecule has 0 unspecified atom stereocenters. The van der Waals surface area contributed by atoms with Gasteiger partial charge in [-0.1, -0.05) is 0 Å². The summed E-state index contributed by atoms with van der Waals surface area (Å²) in [5.41, 5.74) is 0.756. The molecule has 0 aromatic heterocycles. The first kappa shape index (κ1) is 19.9. The summed E-state index contributed by atoms with van der Waals surface area (Å²) in [5.74, 6) is -1.27. The van der Waals surface area contributed by atoms with Crippen molar-refractivity contribution in [2.24, 2.45) is 5.92 Å². The summed E-state index contributed by atoms with van der Waals surface area (Å²) in [6.07, 6.45) is 1.48. The third-order valence-corrected chi connectivity index (χ3v) is 5.27. The van der Waals surface area contributed by atoms with Gasteiger partial charge in [-0.25, -0.2) is 4.90 Å². The first-order chi connectivity index (χ1) is 13.3. The van der Waals surface area contributed by atoms with Gasteiger partial charge >= 0.3 is 5.97 Å². The van der Waals surface area contributed by atoms with Crippen molar-refractivity contribution in [1.82, 2.24) is 4.90 Å². The molecule has 3 rings (SSSR count). The van der Waals surface area contributed by atoms with E-state index in [-0.39, 0.29) is 35.8 Å². The lowest BCUT2D eigenvalue weighted by Crippen LogP contribution is -2.48. The molecule has 2 aliphatic heterocycles. The molecule has 2 fully saturated rings. The van der Waals surface area contributed by atoms with E-state index in [1.54, 1.807) is 13.8 Å². The van der Waals surface area contributed by atoms with Crippen LogP contribution in [0.5, 0.6) is 0 Å². The summed E-state index contributed by atoms with van der Waals surface area (Å²) in [7, 11) is 0. The minimum Gasteiger partial charge on any atom is -0.466 e. The van der Waals surface area contributed by atoms with Gasteiger partial charge in [0.25, 0.3) is 11.6 Å². The molecule has 2 heterocycles. The van der Waals surface area contributed by atoms with E-state index in [1.807, 2.05) is 4.90 Å². The van der Waals surface area contributed by atoms with Crippen LogP contribution in [0.4, 0.5) is 11.4 Å². The molecule has 1 aromatic rings. The van der Waals surface area contributed by atoms with Crippen LogP contribution < -0.4 is 4.90 Å². The molecule has 2 atom stereocenters. The van der Waals surface area contributed by atoms with E-state index >= 15 is 0 Å². The maximum absolute atomic E-state index is 13.0. The molecular weight excluding hydrogens is 366 g/mol. The van der Waals surface area contributed by atoms with Crippen molar-refractivity contribution in [2.75, 3.05) is 24.6 Å². The molecule has 9 heteroatoms. The second kappa shape index (κ2) is 8.05. The predicted molar refractivity (Wildman–Crippen MR) is 99.7 cm³/mol. The maximum Gasteiger partial charge on any atom is 0.310 e. The zero-order valence-corrected chi connectivity index (χ0v) is 15.9. The van der Waals surface area contributed by atoms with Crippen LogP contribution in [0.25, 0.3) is 0 Å². The lowest BCUT2D eigenvalue weighted by Gasteiger charge is -2.34. The fourth-order valence-electron chi connectivity index (χ4n) is 3.90. The number of anilines is 1. The summed E-state index contributed by atoms with van der Waals surface area (Å²) in [6.45, 7) is 4.71. The third kappa shape index (κ3) is 3.75. The first-order valence-corrected chi connectivity index (χ1v) is 9.36. The zero-order chi connectivity index (χ0) is 20.4. The van der Waals surface area contributed by atoms with Crippen LogP contribution >= 0.6 is 0 Å². The van der Waals surface area contributed by atoms with Gasteiger partial charge in [0.05, 0.1) is 35.6 Å².